The lowest BCUT2D eigenvalue weighted by Crippen LogP contribution is -2.30. The molecule has 0 aliphatic carbocycles. The molecule has 1 unspecified atom stereocenters. The number of hydrogen-bond donors (Lipinski definition) is 1. The van der Waals surface area contributed by atoms with E-state index in [1.807, 2.05) is 0 Å². The van der Waals surface area contributed by atoms with Crippen LogP contribution in [0.15, 0.2) is 18.2 Å². The van der Waals surface area contributed by atoms with Crippen molar-refractivity contribution in [2.45, 2.75) is 39.2 Å². The number of halogens is 1. The van der Waals surface area contributed by atoms with E-state index in [0.717, 1.165) is 19.3 Å². The summed E-state index contributed by atoms with van der Waals surface area (Å²) in [5.41, 5.74) is 6.52. The second-order valence-electron chi connectivity index (χ2n) is 5.59. The number of carbonyl (C=O) groups excluding carboxylic acids is 1. The zero-order valence-electron chi connectivity index (χ0n) is 12.3. The minimum Gasteiger partial charge on any atom is -0.389 e. The van der Waals surface area contributed by atoms with Crippen LogP contribution in [0.2, 0.25) is 0 Å². The van der Waals surface area contributed by atoms with Crippen LogP contribution in [-0.2, 0) is 11.3 Å². The number of amides is 1. The van der Waals surface area contributed by atoms with Crippen molar-refractivity contribution in [3.05, 3.63) is 35.1 Å². The van der Waals surface area contributed by atoms with Crippen molar-refractivity contribution in [2.75, 3.05) is 6.54 Å². The molecule has 1 heterocycles. The van der Waals surface area contributed by atoms with E-state index >= 15 is 0 Å². The normalized spacial score (nSPS) is 19.4. The summed E-state index contributed by atoms with van der Waals surface area (Å²) >= 11 is 4.84. The molecule has 1 saturated heterocycles. The first kappa shape index (κ1) is 15.9. The maximum Gasteiger partial charge on any atom is 0.222 e. The zero-order chi connectivity index (χ0) is 15.4. The minimum absolute atomic E-state index is 0.115. The predicted octanol–water partition coefficient (Wildman–Crippen LogP) is 3.00. The quantitative estimate of drug-likeness (QED) is 0.870. The highest BCUT2D eigenvalue weighted by atomic mass is 32.1. The van der Waals surface area contributed by atoms with E-state index in [1.54, 1.807) is 17.0 Å². The summed E-state index contributed by atoms with van der Waals surface area (Å²) in [6.45, 7) is 3.17. The van der Waals surface area contributed by atoms with E-state index < -0.39 is 0 Å². The van der Waals surface area contributed by atoms with Crippen LogP contribution in [0.5, 0.6) is 0 Å². The lowest BCUT2D eigenvalue weighted by Gasteiger charge is -2.21. The highest BCUT2D eigenvalue weighted by Gasteiger charge is 2.22. The molecule has 114 valence electrons. The number of hydrogen-bond acceptors (Lipinski definition) is 2. The Labute approximate surface area is 130 Å². The van der Waals surface area contributed by atoms with E-state index in [2.05, 4.69) is 6.92 Å². The molecule has 1 atom stereocenters. The van der Waals surface area contributed by atoms with Gasteiger partial charge in [0.25, 0.3) is 0 Å². The molecular formula is C16H21FN2OS. The van der Waals surface area contributed by atoms with Gasteiger partial charge in [-0.3, -0.25) is 4.79 Å². The third-order valence-electron chi connectivity index (χ3n) is 4.20. The third-order valence-corrected chi connectivity index (χ3v) is 4.44. The van der Waals surface area contributed by atoms with Gasteiger partial charge >= 0.3 is 0 Å². The van der Waals surface area contributed by atoms with Gasteiger partial charge in [-0.2, -0.15) is 0 Å². The SMILES string of the molecule is CCC1CCC(=O)N(Cc2ccc(C(N)=S)cc2F)CC1. The standard InChI is InChI=1S/C16H21FN2OS/c1-2-11-3-6-15(20)19(8-7-11)10-13-5-4-12(16(18)21)9-14(13)17/h4-5,9,11H,2-3,6-8,10H2,1H3,(H2,18,21). The number of thiocarbonyl (C=S) groups is 1. The molecular weight excluding hydrogens is 287 g/mol. The Morgan fingerprint density at radius 1 is 1.48 bits per heavy atom. The van der Waals surface area contributed by atoms with Crippen LogP contribution in [0, 0.1) is 11.7 Å². The number of likely N-dealkylation sites (tertiary alicyclic amines) is 1. The average molecular weight is 308 g/mol. The van der Waals surface area contributed by atoms with Crippen molar-refractivity contribution in [1.82, 2.24) is 4.90 Å². The van der Waals surface area contributed by atoms with Crippen LogP contribution in [0.1, 0.15) is 43.7 Å². The fourth-order valence-corrected chi connectivity index (χ4v) is 2.83. The molecule has 5 heteroatoms. The van der Waals surface area contributed by atoms with Crippen molar-refractivity contribution in [3.63, 3.8) is 0 Å². The van der Waals surface area contributed by atoms with Gasteiger partial charge in [0.1, 0.15) is 10.8 Å². The lowest BCUT2D eigenvalue weighted by molar-refractivity contribution is -0.131. The maximum absolute atomic E-state index is 14.1. The number of nitrogens with zero attached hydrogens (tertiary/aromatic N) is 1. The molecule has 0 bridgehead atoms. The van der Waals surface area contributed by atoms with E-state index in [0.29, 0.717) is 36.6 Å². The smallest absolute Gasteiger partial charge is 0.222 e. The van der Waals surface area contributed by atoms with E-state index in [4.69, 9.17) is 18.0 Å². The Kier molecular flexibility index (Phi) is 5.28. The molecule has 3 nitrogen and oxygen atoms in total. The molecule has 1 fully saturated rings. The summed E-state index contributed by atoms with van der Waals surface area (Å²) in [5, 5.41) is 0. The Hall–Kier alpha value is -1.49. The van der Waals surface area contributed by atoms with Gasteiger partial charge in [0.2, 0.25) is 5.91 Å². The van der Waals surface area contributed by atoms with Gasteiger partial charge in [-0.25, -0.2) is 4.39 Å². The molecule has 0 aromatic heterocycles. The molecule has 1 aromatic carbocycles. The Bertz CT molecular complexity index is 547. The summed E-state index contributed by atoms with van der Waals surface area (Å²) in [6.07, 6.45) is 3.59. The van der Waals surface area contributed by atoms with Gasteiger partial charge in [-0.1, -0.05) is 37.7 Å². The average Bonchev–Trinajstić information content (AvgIpc) is 2.63. The zero-order valence-corrected chi connectivity index (χ0v) is 13.1. The van der Waals surface area contributed by atoms with Crippen LogP contribution >= 0.6 is 12.2 Å². The molecule has 2 N–H and O–H groups in total. The minimum atomic E-state index is -0.357. The molecule has 1 amide bonds. The van der Waals surface area contributed by atoms with Crippen LogP contribution < -0.4 is 5.73 Å². The van der Waals surface area contributed by atoms with Gasteiger partial charge in [0.15, 0.2) is 0 Å². The van der Waals surface area contributed by atoms with Gasteiger partial charge in [-0.05, 0) is 24.8 Å². The molecule has 0 radical (unpaired) electrons. The van der Waals surface area contributed by atoms with E-state index in [9.17, 15) is 9.18 Å². The summed E-state index contributed by atoms with van der Waals surface area (Å²) in [4.78, 5) is 14.1. The Morgan fingerprint density at radius 2 is 2.24 bits per heavy atom. The van der Waals surface area contributed by atoms with Crippen molar-refractivity contribution in [1.29, 1.82) is 0 Å². The predicted molar refractivity (Wildman–Crippen MR) is 85.3 cm³/mol. The summed E-state index contributed by atoms with van der Waals surface area (Å²) in [7, 11) is 0. The fourth-order valence-electron chi connectivity index (χ4n) is 2.70. The molecule has 2 rings (SSSR count). The van der Waals surface area contributed by atoms with Crippen molar-refractivity contribution in [2.24, 2.45) is 11.7 Å². The lowest BCUT2D eigenvalue weighted by atomic mass is 9.98. The maximum atomic E-state index is 14.1. The summed E-state index contributed by atoms with van der Waals surface area (Å²) < 4.78 is 14.1. The fraction of sp³-hybridized carbons (Fsp3) is 0.500. The second kappa shape index (κ2) is 6.98. The van der Waals surface area contributed by atoms with Gasteiger partial charge in [0, 0.05) is 30.6 Å². The molecule has 0 saturated carbocycles. The summed E-state index contributed by atoms with van der Waals surface area (Å²) in [5.74, 6) is 0.356. The largest absolute Gasteiger partial charge is 0.389 e. The van der Waals surface area contributed by atoms with E-state index in [1.165, 1.54) is 6.07 Å². The first-order chi connectivity index (χ1) is 10.0. The number of rotatable bonds is 4. The molecule has 21 heavy (non-hydrogen) atoms. The van der Waals surface area contributed by atoms with Crippen molar-refractivity contribution in [3.8, 4) is 0 Å². The van der Waals surface area contributed by atoms with Gasteiger partial charge < -0.3 is 10.6 Å². The van der Waals surface area contributed by atoms with Crippen LogP contribution in [0.4, 0.5) is 4.39 Å². The van der Waals surface area contributed by atoms with Crippen molar-refractivity contribution >= 4 is 23.1 Å². The van der Waals surface area contributed by atoms with Gasteiger partial charge in [0.05, 0.1) is 0 Å². The monoisotopic (exact) mass is 308 g/mol. The first-order valence-electron chi connectivity index (χ1n) is 7.37. The third kappa shape index (κ3) is 4.00. The Morgan fingerprint density at radius 3 is 2.86 bits per heavy atom. The molecule has 1 aromatic rings. The van der Waals surface area contributed by atoms with Gasteiger partial charge in [-0.15, -0.1) is 0 Å². The molecule has 1 aliphatic heterocycles. The molecule has 1 aliphatic rings. The van der Waals surface area contributed by atoms with Crippen LogP contribution in [-0.4, -0.2) is 22.3 Å². The van der Waals surface area contributed by atoms with E-state index in [-0.39, 0.29) is 16.7 Å². The number of nitrogens with two attached hydrogens (primary N) is 1. The second-order valence-corrected chi connectivity index (χ2v) is 6.03. The highest BCUT2D eigenvalue weighted by molar-refractivity contribution is 7.80. The van der Waals surface area contributed by atoms with Crippen molar-refractivity contribution < 1.29 is 9.18 Å². The molecule has 0 spiro atoms. The topological polar surface area (TPSA) is 46.3 Å². The Balaban J connectivity index is 2.10. The van der Waals surface area contributed by atoms with Crippen LogP contribution in [0.3, 0.4) is 0 Å². The number of carbonyl (C=O) groups is 1. The highest BCUT2D eigenvalue weighted by Crippen LogP contribution is 2.23. The summed E-state index contributed by atoms with van der Waals surface area (Å²) in [6, 6.07) is 4.71. The first-order valence-corrected chi connectivity index (χ1v) is 7.78. The van der Waals surface area contributed by atoms with Crippen LogP contribution in [0.25, 0.3) is 0 Å². The number of benzene rings is 1.